The number of hydrogen-bond acceptors (Lipinski definition) is 0. The van der Waals surface area contributed by atoms with Crippen molar-refractivity contribution in [3.8, 4) is 112 Å². The van der Waals surface area contributed by atoms with Crippen LogP contribution in [0, 0.1) is 0 Å². The molecule has 4 heterocycles. The van der Waals surface area contributed by atoms with Crippen molar-refractivity contribution in [1.82, 2.24) is 18.3 Å². The molecule has 30 aromatic rings. The van der Waals surface area contributed by atoms with E-state index in [-0.39, 0.29) is 0 Å². The Morgan fingerprint density at radius 3 is 0.514 bits per heavy atom. The molecule has 0 unspecified atom stereocenters. The summed E-state index contributed by atoms with van der Waals surface area (Å²) < 4.78 is 10.3. The van der Waals surface area contributed by atoms with E-state index >= 15 is 0 Å². The van der Waals surface area contributed by atoms with E-state index in [4.69, 9.17) is 0 Å². The zero-order chi connectivity index (χ0) is 91.7. The maximum atomic E-state index is 2.57. The number of hydrogen-bond donors (Lipinski definition) is 0. The van der Waals surface area contributed by atoms with E-state index in [0.29, 0.717) is 0 Å². The molecule has 0 N–H and O–H groups in total. The Kier molecular flexibility index (Phi) is 17.8. The Bertz CT molecular complexity index is 9680. The van der Waals surface area contributed by atoms with E-state index < -0.39 is 0 Å². The van der Waals surface area contributed by atoms with Gasteiger partial charge in [-0.15, -0.1) is 0 Å². The number of aromatic nitrogens is 4. The van der Waals surface area contributed by atoms with Gasteiger partial charge in [-0.3, -0.25) is 0 Å². The predicted octanol–water partition coefficient (Wildman–Crippen LogP) is 37.2. The molecule has 0 aliphatic rings. The molecule has 0 amide bonds. The van der Waals surface area contributed by atoms with Crippen molar-refractivity contribution in [3.05, 3.63) is 510 Å². The van der Waals surface area contributed by atoms with Gasteiger partial charge in [0.1, 0.15) is 0 Å². The van der Waals surface area contributed by atoms with Crippen molar-refractivity contribution in [3.63, 3.8) is 0 Å². The van der Waals surface area contributed by atoms with Gasteiger partial charge in [0.05, 0.1) is 44.8 Å². The standard InChI is InChI=1S/C72H44N2.C64H40N2/c1-5-17-45(18-6-1)67-63-43-55-31-36-62-66-56(32-35-61(65(55)66)71(63)73(69(67)47-21-9-3-10-22-47)59-33-29-53-37-49-25-13-15-27-51(49)39-57(53)41-59)44-64-68(46-19-7-2-8-20-46)70(48-23-11-4-12-24-48)74(72(62)64)60-34-30-54-38-50-26-14-16-28-52(50)40-58(54)42-60;1-5-19-43(20-6-1)59-55-39-49-31-36-54-58-50(32-35-53(57(49)58)63(55)65(61(59)45-23-9-3-10-24-45)51-33-29-41-17-13-15-27-47(41)37-51)40-56-60(44-21-7-2-8-22-44)62(46-25-11-4-12-26-46)66(64(54)56)52-34-30-42-18-14-16-28-48(42)38-52/h1-44H;1-40H. The van der Waals surface area contributed by atoms with Crippen molar-refractivity contribution in [1.29, 1.82) is 0 Å². The van der Waals surface area contributed by atoms with Crippen LogP contribution < -0.4 is 0 Å². The average molecular weight is 1770 g/mol. The lowest BCUT2D eigenvalue weighted by Gasteiger charge is -2.18. The lowest BCUT2D eigenvalue weighted by Crippen LogP contribution is -1.99. The van der Waals surface area contributed by atoms with Crippen LogP contribution in [-0.2, 0) is 0 Å². The van der Waals surface area contributed by atoms with Crippen LogP contribution in [-0.4, -0.2) is 18.3 Å². The largest absolute Gasteiger partial charge is 0.308 e. The molecule has 4 heteroatoms. The summed E-state index contributed by atoms with van der Waals surface area (Å²) >= 11 is 0. The molecule has 0 saturated heterocycles. The first-order chi connectivity index (χ1) is 69.5. The van der Waals surface area contributed by atoms with Crippen LogP contribution in [0.3, 0.4) is 0 Å². The van der Waals surface area contributed by atoms with Crippen LogP contribution in [0.5, 0.6) is 0 Å². The van der Waals surface area contributed by atoms with Crippen LogP contribution in [0.25, 0.3) is 285 Å². The van der Waals surface area contributed by atoms with Gasteiger partial charge in [0.15, 0.2) is 0 Å². The molecule has 140 heavy (non-hydrogen) atoms. The third-order valence-corrected chi connectivity index (χ3v) is 29.8. The Morgan fingerprint density at radius 2 is 0.279 bits per heavy atom. The van der Waals surface area contributed by atoms with Crippen molar-refractivity contribution in [2.24, 2.45) is 0 Å². The smallest absolute Gasteiger partial charge is 0.0620 e. The van der Waals surface area contributed by atoms with Crippen LogP contribution in [0.1, 0.15) is 0 Å². The van der Waals surface area contributed by atoms with E-state index in [9.17, 15) is 0 Å². The van der Waals surface area contributed by atoms with Gasteiger partial charge in [-0.05, 0) is 249 Å². The van der Waals surface area contributed by atoms with Crippen molar-refractivity contribution >= 4 is 173 Å². The van der Waals surface area contributed by atoms with Gasteiger partial charge >= 0.3 is 0 Å². The molecule has 0 spiro atoms. The predicted molar refractivity (Wildman–Crippen MR) is 596 cm³/mol. The highest BCUT2D eigenvalue weighted by atomic mass is 15.0. The van der Waals surface area contributed by atoms with Crippen LogP contribution >= 0.6 is 0 Å². The number of benzene rings is 26. The average Bonchev–Trinajstić information content (AvgIpc) is 1.53. The van der Waals surface area contributed by atoms with Gasteiger partial charge in [-0.25, -0.2) is 0 Å². The molecular weight excluding hydrogens is 1690 g/mol. The van der Waals surface area contributed by atoms with Gasteiger partial charge in [-0.2, -0.15) is 0 Å². The van der Waals surface area contributed by atoms with Crippen molar-refractivity contribution in [2.75, 3.05) is 0 Å². The quantitative estimate of drug-likeness (QED) is 0.0858. The van der Waals surface area contributed by atoms with Crippen molar-refractivity contribution < 1.29 is 0 Å². The molecule has 648 valence electrons. The fourth-order valence-electron chi connectivity index (χ4n) is 23.8. The zero-order valence-electron chi connectivity index (χ0n) is 76.3. The summed E-state index contributed by atoms with van der Waals surface area (Å²) in [6, 6.07) is 189. The molecule has 4 aromatic heterocycles. The highest BCUT2D eigenvalue weighted by Crippen LogP contribution is 2.56. The number of fused-ring (bicyclic) bond motifs is 14. The van der Waals surface area contributed by atoms with Crippen LogP contribution in [0.15, 0.2) is 510 Å². The van der Waals surface area contributed by atoms with Crippen LogP contribution in [0.2, 0.25) is 0 Å². The summed E-state index contributed by atoms with van der Waals surface area (Å²) in [7, 11) is 0. The minimum atomic E-state index is 1.13. The summed E-state index contributed by atoms with van der Waals surface area (Å²) in [5, 5.41) is 34.7. The number of rotatable bonds is 12. The molecule has 0 radical (unpaired) electrons. The first-order valence-corrected chi connectivity index (χ1v) is 48.5. The summed E-state index contributed by atoms with van der Waals surface area (Å²) in [5.41, 5.74) is 28.6. The molecule has 4 nitrogen and oxygen atoms in total. The summed E-state index contributed by atoms with van der Waals surface area (Å²) in [5.74, 6) is 0. The molecule has 26 aromatic carbocycles. The minimum Gasteiger partial charge on any atom is -0.308 e. The fourth-order valence-corrected chi connectivity index (χ4v) is 23.8. The first kappa shape index (κ1) is 79.0. The molecule has 0 fully saturated rings. The fraction of sp³-hybridized carbons (Fsp3) is 0. The topological polar surface area (TPSA) is 19.7 Å². The number of nitrogens with zero attached hydrogens (tertiary/aromatic N) is 4. The monoisotopic (exact) mass is 1770 g/mol. The molecular formula is C136H84N4. The third-order valence-electron chi connectivity index (χ3n) is 29.8. The molecule has 0 atom stereocenters. The normalized spacial score (nSPS) is 12.0. The lowest BCUT2D eigenvalue weighted by atomic mass is 9.89. The first-order valence-electron chi connectivity index (χ1n) is 48.5. The minimum absolute atomic E-state index is 1.13. The molecule has 30 rings (SSSR count). The summed E-state index contributed by atoms with van der Waals surface area (Å²) in [4.78, 5) is 0. The van der Waals surface area contributed by atoms with E-state index in [1.165, 1.54) is 262 Å². The van der Waals surface area contributed by atoms with Gasteiger partial charge in [-0.1, -0.05) is 413 Å². The maximum absolute atomic E-state index is 2.57. The second-order valence-electron chi connectivity index (χ2n) is 37.6. The summed E-state index contributed by atoms with van der Waals surface area (Å²) in [6.07, 6.45) is 0. The molecule has 0 bridgehead atoms. The second-order valence-corrected chi connectivity index (χ2v) is 37.6. The van der Waals surface area contributed by atoms with Gasteiger partial charge in [0.2, 0.25) is 0 Å². The SMILES string of the molecule is c1ccc(-c2c(-c3ccccc3)n(-c3ccc4cc5ccccc5cc4c3)c3c2cc2ccc4c5c(ccc3c25)cc2c(-c3ccccc3)c(-c3ccccc3)n(-c3ccc5cc6ccccc6cc5c3)c24)cc1.c1ccc(-c2c(-c3ccccc3)n(-c3ccc4ccccc4c3)c3c2cc2ccc4c5c(ccc3c25)cc2c(-c3ccccc3)c(-c3ccccc3)n(-c3ccc5ccccc5c3)c24)cc1. The second kappa shape index (κ2) is 31.6. The zero-order valence-corrected chi connectivity index (χ0v) is 76.3. The Balaban J connectivity index is 0.000000135. The van der Waals surface area contributed by atoms with E-state index in [2.05, 4.69) is 528 Å². The lowest BCUT2D eigenvalue weighted by molar-refractivity contribution is 1.14. The Labute approximate surface area is 807 Å². The molecule has 0 saturated carbocycles. The van der Waals surface area contributed by atoms with Gasteiger partial charge in [0, 0.05) is 88.1 Å². The highest BCUT2D eigenvalue weighted by Gasteiger charge is 2.33. The van der Waals surface area contributed by atoms with E-state index in [1.807, 2.05) is 0 Å². The van der Waals surface area contributed by atoms with Gasteiger partial charge < -0.3 is 18.3 Å². The van der Waals surface area contributed by atoms with E-state index in [1.54, 1.807) is 0 Å². The van der Waals surface area contributed by atoms with Crippen molar-refractivity contribution in [2.45, 2.75) is 0 Å². The highest BCUT2D eigenvalue weighted by molar-refractivity contribution is 6.37. The Morgan fingerprint density at radius 1 is 0.107 bits per heavy atom. The van der Waals surface area contributed by atoms with Crippen LogP contribution in [0.4, 0.5) is 0 Å². The third kappa shape index (κ3) is 12.3. The summed E-state index contributed by atoms with van der Waals surface area (Å²) in [6.45, 7) is 0. The molecule has 0 aliphatic carbocycles. The Hall–Kier alpha value is -18.5. The van der Waals surface area contributed by atoms with Gasteiger partial charge in [0.25, 0.3) is 0 Å². The molecule has 0 aliphatic heterocycles. The maximum Gasteiger partial charge on any atom is 0.0620 e. The van der Waals surface area contributed by atoms with E-state index in [0.717, 1.165) is 22.7 Å².